The van der Waals surface area contributed by atoms with Crippen LogP contribution in [0.1, 0.15) is 46.5 Å². The number of piperidine rings is 1. The Kier molecular flexibility index (Phi) is 4.16. The first-order valence-corrected chi connectivity index (χ1v) is 7.45. The molecule has 4 heteroatoms. The second kappa shape index (κ2) is 5.51. The molecule has 1 aliphatic carbocycles. The van der Waals surface area contributed by atoms with Crippen LogP contribution in [0.2, 0.25) is 0 Å². The molecule has 2 aliphatic rings. The van der Waals surface area contributed by atoms with Gasteiger partial charge in [-0.2, -0.15) is 0 Å². The third-order valence-corrected chi connectivity index (χ3v) is 3.99. The Balaban J connectivity index is 1.78. The molecule has 1 N–H and O–H groups in total. The van der Waals surface area contributed by atoms with E-state index in [0.717, 1.165) is 38.8 Å². The van der Waals surface area contributed by atoms with Crippen LogP contribution in [0, 0.1) is 17.3 Å². The minimum Gasteiger partial charge on any atom is -0.355 e. The second-order valence-corrected chi connectivity index (χ2v) is 7.03. The van der Waals surface area contributed by atoms with Crippen molar-refractivity contribution in [3.63, 3.8) is 0 Å². The molecule has 1 aliphatic heterocycles. The van der Waals surface area contributed by atoms with Gasteiger partial charge in [-0.15, -0.1) is 0 Å². The van der Waals surface area contributed by atoms with Crippen molar-refractivity contribution in [2.45, 2.75) is 46.5 Å². The van der Waals surface area contributed by atoms with E-state index in [0.29, 0.717) is 24.3 Å². The highest BCUT2D eigenvalue weighted by atomic mass is 16.2. The van der Waals surface area contributed by atoms with Gasteiger partial charge in [0.15, 0.2) is 0 Å². The molecule has 1 saturated heterocycles. The Morgan fingerprint density at radius 1 is 1.21 bits per heavy atom. The largest absolute Gasteiger partial charge is 0.355 e. The molecule has 0 aromatic rings. The van der Waals surface area contributed by atoms with Gasteiger partial charge in [0.25, 0.3) is 0 Å². The summed E-state index contributed by atoms with van der Waals surface area (Å²) in [6.07, 6.45) is 4.31. The highest BCUT2D eigenvalue weighted by Crippen LogP contribution is 2.32. The van der Waals surface area contributed by atoms with E-state index in [1.807, 2.05) is 25.7 Å². The third-order valence-electron chi connectivity index (χ3n) is 3.99. The van der Waals surface area contributed by atoms with Gasteiger partial charge in [0, 0.05) is 31.0 Å². The zero-order chi connectivity index (χ0) is 14.0. The molecule has 1 atom stereocenters. The van der Waals surface area contributed by atoms with Gasteiger partial charge < -0.3 is 10.2 Å². The second-order valence-electron chi connectivity index (χ2n) is 7.03. The van der Waals surface area contributed by atoms with E-state index >= 15 is 0 Å². The third kappa shape index (κ3) is 3.95. The number of hydrogen-bond acceptors (Lipinski definition) is 2. The van der Waals surface area contributed by atoms with Crippen LogP contribution < -0.4 is 5.32 Å². The van der Waals surface area contributed by atoms with Crippen LogP contribution in [0.25, 0.3) is 0 Å². The van der Waals surface area contributed by atoms with Crippen molar-refractivity contribution in [1.29, 1.82) is 0 Å². The molecule has 0 radical (unpaired) electrons. The van der Waals surface area contributed by atoms with Crippen LogP contribution in [0.3, 0.4) is 0 Å². The number of hydrogen-bond donors (Lipinski definition) is 1. The quantitative estimate of drug-likeness (QED) is 0.847. The number of nitrogens with one attached hydrogen (secondary N) is 1. The van der Waals surface area contributed by atoms with Crippen molar-refractivity contribution in [1.82, 2.24) is 10.2 Å². The smallest absolute Gasteiger partial charge is 0.225 e. The molecular formula is C15H26N2O2. The predicted molar refractivity (Wildman–Crippen MR) is 74.5 cm³/mol. The number of nitrogens with zero attached hydrogens (tertiary/aromatic N) is 1. The standard InChI is InChI=1S/C15H26N2O2/c1-15(2,3)14(19)16-9-11-5-4-8-17(10-11)13(18)12-6-7-12/h11-12H,4-10H2,1-3H3,(H,16,19)/t11-/m1/s1. The summed E-state index contributed by atoms with van der Waals surface area (Å²) in [5, 5.41) is 3.02. The zero-order valence-corrected chi connectivity index (χ0v) is 12.4. The molecule has 1 saturated carbocycles. The highest BCUT2D eigenvalue weighted by molar-refractivity contribution is 5.81. The van der Waals surface area contributed by atoms with E-state index in [2.05, 4.69) is 5.32 Å². The first kappa shape index (κ1) is 14.4. The predicted octanol–water partition coefficient (Wildman–Crippen LogP) is 1.80. The van der Waals surface area contributed by atoms with Crippen molar-refractivity contribution >= 4 is 11.8 Å². The van der Waals surface area contributed by atoms with E-state index in [9.17, 15) is 9.59 Å². The summed E-state index contributed by atoms with van der Waals surface area (Å²) >= 11 is 0. The van der Waals surface area contributed by atoms with E-state index < -0.39 is 0 Å². The molecule has 4 nitrogen and oxygen atoms in total. The average molecular weight is 266 g/mol. The lowest BCUT2D eigenvalue weighted by atomic mass is 9.94. The Morgan fingerprint density at radius 2 is 1.89 bits per heavy atom. The monoisotopic (exact) mass is 266 g/mol. The van der Waals surface area contributed by atoms with Crippen LogP contribution >= 0.6 is 0 Å². The number of carbonyl (C=O) groups is 2. The Bertz CT molecular complexity index is 356. The van der Waals surface area contributed by atoms with Gasteiger partial charge in [0.2, 0.25) is 11.8 Å². The van der Waals surface area contributed by atoms with Gasteiger partial charge in [0.05, 0.1) is 0 Å². The summed E-state index contributed by atoms with van der Waals surface area (Å²) in [6.45, 7) is 8.19. The maximum absolute atomic E-state index is 12.0. The van der Waals surface area contributed by atoms with Crippen LogP contribution in [0.15, 0.2) is 0 Å². The molecule has 0 bridgehead atoms. The summed E-state index contributed by atoms with van der Waals surface area (Å²) < 4.78 is 0. The molecule has 2 rings (SSSR count). The highest BCUT2D eigenvalue weighted by Gasteiger charge is 2.35. The lowest BCUT2D eigenvalue weighted by Crippen LogP contribution is -2.45. The summed E-state index contributed by atoms with van der Waals surface area (Å²) in [7, 11) is 0. The number of rotatable bonds is 3. The lowest BCUT2D eigenvalue weighted by Gasteiger charge is -2.33. The zero-order valence-electron chi connectivity index (χ0n) is 12.4. The van der Waals surface area contributed by atoms with Crippen molar-refractivity contribution in [2.75, 3.05) is 19.6 Å². The number of carbonyl (C=O) groups excluding carboxylic acids is 2. The first-order valence-electron chi connectivity index (χ1n) is 7.45. The maximum Gasteiger partial charge on any atom is 0.225 e. The Morgan fingerprint density at radius 3 is 2.47 bits per heavy atom. The minimum absolute atomic E-state index is 0.0955. The molecule has 0 spiro atoms. The molecule has 108 valence electrons. The van der Waals surface area contributed by atoms with Crippen LogP contribution in [0.5, 0.6) is 0 Å². The summed E-state index contributed by atoms with van der Waals surface area (Å²) in [6, 6.07) is 0. The van der Waals surface area contributed by atoms with Crippen LogP contribution in [-0.4, -0.2) is 36.3 Å². The van der Waals surface area contributed by atoms with Gasteiger partial charge in [-0.1, -0.05) is 20.8 Å². The average Bonchev–Trinajstić information content (AvgIpc) is 3.18. The van der Waals surface area contributed by atoms with Crippen molar-refractivity contribution in [2.24, 2.45) is 17.3 Å². The molecule has 0 aromatic carbocycles. The summed E-state index contributed by atoms with van der Waals surface area (Å²) in [4.78, 5) is 25.9. The van der Waals surface area contributed by atoms with E-state index in [1.165, 1.54) is 0 Å². The van der Waals surface area contributed by atoms with Gasteiger partial charge in [-0.25, -0.2) is 0 Å². The molecule has 2 fully saturated rings. The minimum atomic E-state index is -0.335. The SMILES string of the molecule is CC(C)(C)C(=O)NC[C@H]1CCCN(C(=O)C2CC2)C1. The van der Waals surface area contributed by atoms with Gasteiger partial charge in [0.1, 0.15) is 0 Å². The number of amides is 2. The fraction of sp³-hybridized carbons (Fsp3) is 0.867. The topological polar surface area (TPSA) is 49.4 Å². The van der Waals surface area contributed by atoms with Crippen molar-refractivity contribution in [3.8, 4) is 0 Å². The molecule has 2 amide bonds. The lowest BCUT2D eigenvalue weighted by molar-refractivity contribution is -0.134. The normalized spacial score (nSPS) is 24.2. The van der Waals surface area contributed by atoms with E-state index in [4.69, 9.17) is 0 Å². The van der Waals surface area contributed by atoms with E-state index in [-0.39, 0.29) is 11.3 Å². The Hall–Kier alpha value is -1.06. The molecule has 19 heavy (non-hydrogen) atoms. The maximum atomic E-state index is 12.0. The fourth-order valence-electron chi connectivity index (χ4n) is 2.52. The molecule has 0 aromatic heterocycles. The van der Waals surface area contributed by atoms with Gasteiger partial charge >= 0.3 is 0 Å². The first-order chi connectivity index (χ1) is 8.88. The van der Waals surface area contributed by atoms with Crippen LogP contribution in [-0.2, 0) is 9.59 Å². The van der Waals surface area contributed by atoms with Gasteiger partial charge in [-0.3, -0.25) is 9.59 Å². The molecule has 1 heterocycles. The van der Waals surface area contributed by atoms with E-state index in [1.54, 1.807) is 0 Å². The number of likely N-dealkylation sites (tertiary alicyclic amines) is 1. The molecule has 0 unspecified atom stereocenters. The fourth-order valence-corrected chi connectivity index (χ4v) is 2.52. The summed E-state index contributed by atoms with van der Waals surface area (Å²) in [5.74, 6) is 1.16. The van der Waals surface area contributed by atoms with Crippen molar-refractivity contribution < 1.29 is 9.59 Å². The summed E-state index contributed by atoms with van der Waals surface area (Å²) in [5.41, 5.74) is -0.335. The van der Waals surface area contributed by atoms with Crippen LogP contribution in [0.4, 0.5) is 0 Å². The molecular weight excluding hydrogens is 240 g/mol. The van der Waals surface area contributed by atoms with Crippen molar-refractivity contribution in [3.05, 3.63) is 0 Å². The van der Waals surface area contributed by atoms with Gasteiger partial charge in [-0.05, 0) is 31.6 Å². The Labute approximate surface area is 115 Å².